The third-order valence-electron chi connectivity index (χ3n) is 5.81. The van der Waals surface area contributed by atoms with E-state index in [9.17, 15) is 9.59 Å². The maximum absolute atomic E-state index is 13.1. The zero-order chi connectivity index (χ0) is 20.3. The van der Waals surface area contributed by atoms with Crippen molar-refractivity contribution in [3.05, 3.63) is 70.7 Å². The van der Waals surface area contributed by atoms with Crippen LogP contribution in [0.25, 0.3) is 0 Å². The average Bonchev–Trinajstić information content (AvgIpc) is 2.74. The molecule has 148 valence electrons. The molecule has 0 radical (unpaired) electrons. The number of imide groups is 1. The number of likely N-dealkylation sites (tertiary alicyclic amines) is 1. The largest absolute Gasteiger partial charge is 0.403 e. The van der Waals surface area contributed by atoms with Crippen molar-refractivity contribution in [1.82, 2.24) is 4.90 Å². The lowest BCUT2D eigenvalue weighted by Gasteiger charge is -2.48. The topological polar surface area (TPSA) is 46.6 Å². The van der Waals surface area contributed by atoms with Gasteiger partial charge in [0.2, 0.25) is 0 Å². The molecule has 0 spiro atoms. The summed E-state index contributed by atoms with van der Waals surface area (Å²) in [4.78, 5) is 27.4. The van der Waals surface area contributed by atoms with Gasteiger partial charge in [0, 0.05) is 10.6 Å². The second-order valence-electron chi connectivity index (χ2n) is 7.16. The molecule has 2 amide bonds. The summed E-state index contributed by atoms with van der Waals surface area (Å²) in [6.45, 7) is 6.41. The minimum Gasteiger partial charge on any atom is -0.403 e. The Morgan fingerprint density at radius 2 is 1.57 bits per heavy atom. The molecule has 2 atom stereocenters. The van der Waals surface area contributed by atoms with Crippen LogP contribution in [0.5, 0.6) is 0 Å². The van der Waals surface area contributed by atoms with Crippen LogP contribution in [-0.2, 0) is 9.22 Å². The molecule has 0 bridgehead atoms. The van der Waals surface area contributed by atoms with Gasteiger partial charge in [-0.05, 0) is 48.0 Å². The number of amides is 2. The minimum atomic E-state index is -1.99. The van der Waals surface area contributed by atoms with Crippen molar-refractivity contribution >= 4 is 31.7 Å². The van der Waals surface area contributed by atoms with Crippen LogP contribution in [0.15, 0.2) is 54.6 Å². The first-order valence-electron chi connectivity index (χ1n) is 9.82. The van der Waals surface area contributed by atoms with Gasteiger partial charge in [-0.25, -0.2) is 0 Å². The van der Waals surface area contributed by atoms with Gasteiger partial charge in [-0.2, -0.15) is 0 Å². The molecule has 0 aromatic heterocycles. The normalized spacial score (nSPS) is 19.4. The highest BCUT2D eigenvalue weighted by Crippen LogP contribution is 2.41. The molecule has 0 aliphatic carbocycles. The lowest BCUT2D eigenvalue weighted by molar-refractivity contribution is -0.158. The second-order valence-corrected chi connectivity index (χ2v) is 12.3. The Morgan fingerprint density at radius 1 is 1.00 bits per heavy atom. The highest BCUT2D eigenvalue weighted by molar-refractivity contribution is 6.73. The van der Waals surface area contributed by atoms with Gasteiger partial charge >= 0.3 is 0 Å². The Labute approximate surface area is 172 Å². The predicted molar refractivity (Wildman–Crippen MR) is 114 cm³/mol. The van der Waals surface area contributed by atoms with Gasteiger partial charge in [-0.3, -0.25) is 14.5 Å². The summed E-state index contributed by atoms with van der Waals surface area (Å²) >= 11 is 5.93. The Morgan fingerprint density at radius 3 is 2.11 bits per heavy atom. The van der Waals surface area contributed by atoms with Crippen LogP contribution in [0.3, 0.4) is 0 Å². The quantitative estimate of drug-likeness (QED) is 0.343. The van der Waals surface area contributed by atoms with Crippen molar-refractivity contribution in [2.24, 2.45) is 0 Å². The summed E-state index contributed by atoms with van der Waals surface area (Å²) < 4.78 is 6.51. The Bertz CT molecular complexity index is 828. The van der Waals surface area contributed by atoms with Crippen LogP contribution in [0.1, 0.15) is 42.7 Å². The maximum atomic E-state index is 13.1. The molecule has 1 aliphatic rings. The molecule has 2 aromatic rings. The number of β-lactam (4-membered cyclic amide) rings is 1. The first kappa shape index (κ1) is 20.8. The van der Waals surface area contributed by atoms with Crippen LogP contribution in [0.4, 0.5) is 0 Å². The Kier molecular flexibility index (Phi) is 6.38. The first-order chi connectivity index (χ1) is 13.5. The molecular formula is C22H26ClNO3Si. The van der Waals surface area contributed by atoms with Gasteiger partial charge in [-0.15, -0.1) is 0 Å². The van der Waals surface area contributed by atoms with Crippen molar-refractivity contribution in [3.8, 4) is 0 Å². The van der Waals surface area contributed by atoms with E-state index in [1.54, 1.807) is 24.3 Å². The van der Waals surface area contributed by atoms with E-state index in [1.807, 2.05) is 30.3 Å². The first-order valence-corrected chi connectivity index (χ1v) is 12.7. The van der Waals surface area contributed by atoms with Gasteiger partial charge < -0.3 is 4.43 Å². The van der Waals surface area contributed by atoms with Gasteiger partial charge in [0.05, 0.1) is 6.04 Å². The summed E-state index contributed by atoms with van der Waals surface area (Å²) in [5.41, 5.74) is 1.36. The lowest BCUT2D eigenvalue weighted by atomic mass is 9.90. The van der Waals surface area contributed by atoms with E-state index in [-0.39, 0.29) is 11.8 Å². The highest BCUT2D eigenvalue weighted by atomic mass is 35.5. The number of nitrogens with zero attached hydrogens (tertiary/aromatic N) is 1. The number of carbonyl (C=O) groups is 2. The summed E-state index contributed by atoms with van der Waals surface area (Å²) in [7, 11) is -1.99. The van der Waals surface area contributed by atoms with E-state index >= 15 is 0 Å². The SMILES string of the molecule is CC[Si](CC)(CC)O[C@@H]1C(=O)N(C(=O)c2ccc(Cl)cc2)[C@@H]1c1ccccc1. The molecule has 2 aromatic carbocycles. The number of carbonyl (C=O) groups excluding carboxylic acids is 2. The van der Waals surface area contributed by atoms with Crippen LogP contribution in [-0.4, -0.2) is 31.1 Å². The lowest BCUT2D eigenvalue weighted by Crippen LogP contribution is -2.64. The van der Waals surface area contributed by atoms with E-state index in [0.29, 0.717) is 10.6 Å². The molecule has 1 aliphatic heterocycles. The third kappa shape index (κ3) is 3.79. The summed E-state index contributed by atoms with van der Waals surface area (Å²) in [5, 5.41) is 0.553. The summed E-state index contributed by atoms with van der Waals surface area (Å²) in [6.07, 6.45) is -0.592. The number of halogens is 1. The van der Waals surface area contributed by atoms with Crippen molar-refractivity contribution in [2.45, 2.75) is 51.0 Å². The standard InChI is InChI=1S/C22H26ClNO3Si/c1-4-28(5-2,6-3)27-20-19(16-10-8-7-9-11-16)24(22(20)26)21(25)17-12-14-18(23)15-13-17/h7-15,19-20H,4-6H2,1-3H3/t19-,20+/m1/s1. The van der Waals surface area contributed by atoms with Crippen LogP contribution in [0.2, 0.25) is 23.2 Å². The molecule has 1 heterocycles. The van der Waals surface area contributed by atoms with Gasteiger partial charge in [0.15, 0.2) is 14.4 Å². The van der Waals surface area contributed by atoms with Gasteiger partial charge in [-0.1, -0.05) is 62.7 Å². The number of benzene rings is 2. The molecule has 6 heteroatoms. The van der Waals surface area contributed by atoms with Gasteiger partial charge in [0.25, 0.3) is 11.8 Å². The number of rotatable bonds is 7. The van der Waals surface area contributed by atoms with E-state index in [2.05, 4.69) is 20.8 Å². The van der Waals surface area contributed by atoms with Crippen LogP contribution >= 0.6 is 11.6 Å². The van der Waals surface area contributed by atoms with Crippen molar-refractivity contribution in [1.29, 1.82) is 0 Å². The summed E-state index contributed by atoms with van der Waals surface area (Å²) in [6, 6.07) is 18.8. The molecule has 0 unspecified atom stereocenters. The van der Waals surface area contributed by atoms with E-state index in [4.69, 9.17) is 16.0 Å². The molecule has 0 N–H and O–H groups in total. The van der Waals surface area contributed by atoms with E-state index in [1.165, 1.54) is 4.90 Å². The molecule has 1 saturated heterocycles. The van der Waals surface area contributed by atoms with Crippen molar-refractivity contribution in [3.63, 3.8) is 0 Å². The molecular weight excluding hydrogens is 390 g/mol. The average molecular weight is 416 g/mol. The minimum absolute atomic E-state index is 0.249. The Hall–Kier alpha value is -1.95. The van der Waals surface area contributed by atoms with Crippen molar-refractivity contribution in [2.75, 3.05) is 0 Å². The van der Waals surface area contributed by atoms with E-state index in [0.717, 1.165) is 23.7 Å². The summed E-state index contributed by atoms with van der Waals surface area (Å²) in [5.74, 6) is -0.562. The molecule has 4 nitrogen and oxygen atoms in total. The number of hydrogen-bond donors (Lipinski definition) is 0. The van der Waals surface area contributed by atoms with Crippen LogP contribution in [0, 0.1) is 0 Å². The van der Waals surface area contributed by atoms with Gasteiger partial charge in [0.1, 0.15) is 0 Å². The fourth-order valence-electron chi connectivity index (χ4n) is 3.78. The zero-order valence-electron chi connectivity index (χ0n) is 16.5. The number of hydrogen-bond acceptors (Lipinski definition) is 3. The molecule has 3 rings (SSSR count). The second kappa shape index (κ2) is 8.60. The molecule has 0 saturated carbocycles. The van der Waals surface area contributed by atoms with Crippen LogP contribution < -0.4 is 0 Å². The molecule has 1 fully saturated rings. The predicted octanol–water partition coefficient (Wildman–Crippen LogP) is 5.45. The highest BCUT2D eigenvalue weighted by Gasteiger charge is 2.54. The maximum Gasteiger partial charge on any atom is 0.261 e. The van der Waals surface area contributed by atoms with Crippen molar-refractivity contribution < 1.29 is 14.0 Å². The Balaban J connectivity index is 1.93. The third-order valence-corrected chi connectivity index (χ3v) is 10.7. The zero-order valence-corrected chi connectivity index (χ0v) is 18.3. The fourth-order valence-corrected chi connectivity index (χ4v) is 6.67. The molecule has 28 heavy (non-hydrogen) atoms. The monoisotopic (exact) mass is 415 g/mol. The smallest absolute Gasteiger partial charge is 0.261 e. The fraction of sp³-hybridized carbons (Fsp3) is 0.364. The van der Waals surface area contributed by atoms with E-state index < -0.39 is 20.5 Å².